The van der Waals surface area contributed by atoms with Crippen LogP contribution in [0.25, 0.3) is 10.9 Å². The van der Waals surface area contributed by atoms with Gasteiger partial charge in [0.15, 0.2) is 0 Å². The zero-order valence-electron chi connectivity index (χ0n) is 12.3. The van der Waals surface area contributed by atoms with E-state index in [4.69, 9.17) is 10.8 Å². The second kappa shape index (κ2) is 6.74. The second-order valence-corrected chi connectivity index (χ2v) is 5.28. The molecule has 0 aliphatic carbocycles. The number of aliphatic hydroxyl groups is 1. The third kappa shape index (κ3) is 3.09. The quantitative estimate of drug-likeness (QED) is 0.727. The van der Waals surface area contributed by atoms with Gasteiger partial charge in [0.05, 0.1) is 11.1 Å². The Kier molecular flexibility index (Phi) is 4.98. The maximum absolute atomic E-state index is 11.6. The molecule has 1 aromatic heterocycles. The van der Waals surface area contributed by atoms with Gasteiger partial charge in [0.1, 0.15) is 0 Å². The van der Waals surface area contributed by atoms with Crippen LogP contribution in [0.2, 0.25) is 0 Å². The Morgan fingerprint density at radius 3 is 2.71 bits per heavy atom. The van der Waals surface area contributed by atoms with Gasteiger partial charge in [-0.1, -0.05) is 12.1 Å². The molecule has 1 heterocycles. The van der Waals surface area contributed by atoms with E-state index in [1.54, 1.807) is 0 Å². The third-order valence-corrected chi connectivity index (χ3v) is 3.75. The van der Waals surface area contributed by atoms with Crippen molar-refractivity contribution in [3.63, 3.8) is 0 Å². The Morgan fingerprint density at radius 1 is 1.33 bits per heavy atom. The van der Waals surface area contributed by atoms with E-state index >= 15 is 0 Å². The number of fused-ring (bicyclic) bond motifs is 1. The highest BCUT2D eigenvalue weighted by Gasteiger charge is 2.18. The molecule has 0 radical (unpaired) electrons. The van der Waals surface area contributed by atoms with E-state index in [2.05, 4.69) is 0 Å². The first-order valence-electron chi connectivity index (χ1n) is 7.25. The van der Waals surface area contributed by atoms with Crippen molar-refractivity contribution >= 4 is 16.9 Å². The van der Waals surface area contributed by atoms with Gasteiger partial charge in [-0.15, -0.1) is 0 Å². The first-order valence-corrected chi connectivity index (χ1v) is 7.25. The number of nitrogens with two attached hydrogens (primary N) is 1. The third-order valence-electron chi connectivity index (χ3n) is 3.75. The molecular weight excluding hydrogens is 268 g/mol. The van der Waals surface area contributed by atoms with E-state index in [9.17, 15) is 9.90 Å². The predicted octanol–water partition coefficient (Wildman–Crippen LogP) is 1.92. The molecule has 5 nitrogen and oxygen atoms in total. The van der Waals surface area contributed by atoms with E-state index in [1.807, 2.05) is 29.8 Å². The molecule has 0 saturated carbocycles. The van der Waals surface area contributed by atoms with Crippen molar-refractivity contribution < 1.29 is 15.0 Å². The molecule has 0 atom stereocenters. The number of benzene rings is 1. The molecule has 4 N–H and O–H groups in total. The number of nitrogens with zero attached hydrogens (tertiary/aromatic N) is 1. The topological polar surface area (TPSA) is 88.5 Å². The van der Waals surface area contributed by atoms with E-state index in [0.29, 0.717) is 25.1 Å². The standard InChI is InChI=1S/C16H22N2O3/c1-11-5-6-13-12(4-2-7-17)10-18(8-3-9-19)15(13)14(11)16(20)21/h5-6,10,19H,2-4,7-9,17H2,1H3,(H,20,21). The van der Waals surface area contributed by atoms with E-state index in [0.717, 1.165) is 34.9 Å². The lowest BCUT2D eigenvalue weighted by Gasteiger charge is -2.09. The van der Waals surface area contributed by atoms with Gasteiger partial charge in [-0.25, -0.2) is 4.79 Å². The largest absolute Gasteiger partial charge is 0.478 e. The molecule has 114 valence electrons. The van der Waals surface area contributed by atoms with Crippen LogP contribution in [0.3, 0.4) is 0 Å². The lowest BCUT2D eigenvalue weighted by Crippen LogP contribution is -2.06. The van der Waals surface area contributed by atoms with Gasteiger partial charge in [0.2, 0.25) is 0 Å². The average Bonchev–Trinajstić information content (AvgIpc) is 2.80. The summed E-state index contributed by atoms with van der Waals surface area (Å²) in [7, 11) is 0. The average molecular weight is 290 g/mol. The molecule has 2 aromatic rings. The van der Waals surface area contributed by atoms with E-state index < -0.39 is 5.97 Å². The number of aryl methyl sites for hydroxylation is 3. The van der Waals surface area contributed by atoms with Crippen molar-refractivity contribution in [2.75, 3.05) is 13.2 Å². The molecule has 0 bridgehead atoms. The molecule has 21 heavy (non-hydrogen) atoms. The van der Waals surface area contributed by atoms with Gasteiger partial charge in [-0.2, -0.15) is 0 Å². The first kappa shape index (κ1) is 15.5. The van der Waals surface area contributed by atoms with Crippen LogP contribution >= 0.6 is 0 Å². The number of aromatic carboxylic acids is 1. The van der Waals surface area contributed by atoms with Crippen molar-refractivity contribution in [3.8, 4) is 0 Å². The monoisotopic (exact) mass is 290 g/mol. The fraction of sp³-hybridized carbons (Fsp3) is 0.438. The molecule has 5 heteroatoms. The van der Waals surface area contributed by atoms with Crippen molar-refractivity contribution in [2.45, 2.75) is 32.7 Å². The van der Waals surface area contributed by atoms with Gasteiger partial charge >= 0.3 is 5.97 Å². The summed E-state index contributed by atoms with van der Waals surface area (Å²) in [5.41, 5.74) is 8.55. The van der Waals surface area contributed by atoms with Gasteiger partial charge in [0.25, 0.3) is 0 Å². The molecule has 2 rings (SSSR count). The molecule has 0 spiro atoms. The van der Waals surface area contributed by atoms with Crippen LogP contribution in [0.15, 0.2) is 18.3 Å². The normalized spacial score (nSPS) is 11.2. The zero-order valence-corrected chi connectivity index (χ0v) is 12.3. The van der Waals surface area contributed by atoms with Crippen LogP contribution in [0.5, 0.6) is 0 Å². The Balaban J connectivity index is 2.62. The zero-order chi connectivity index (χ0) is 15.4. The van der Waals surface area contributed by atoms with Crippen LogP contribution < -0.4 is 5.73 Å². The number of rotatable bonds is 7. The minimum Gasteiger partial charge on any atom is -0.478 e. The molecule has 0 fully saturated rings. The number of hydrogen-bond donors (Lipinski definition) is 3. The molecule has 0 aliphatic heterocycles. The summed E-state index contributed by atoms with van der Waals surface area (Å²) < 4.78 is 1.95. The molecule has 0 aliphatic rings. The van der Waals surface area contributed by atoms with Crippen LogP contribution in [0.4, 0.5) is 0 Å². The number of carbonyl (C=O) groups is 1. The minimum atomic E-state index is -0.910. The molecule has 0 unspecified atom stereocenters. The summed E-state index contributed by atoms with van der Waals surface area (Å²) in [5, 5.41) is 19.5. The second-order valence-electron chi connectivity index (χ2n) is 5.28. The Bertz CT molecular complexity index is 646. The highest BCUT2D eigenvalue weighted by Crippen LogP contribution is 2.28. The summed E-state index contributed by atoms with van der Waals surface area (Å²) in [6, 6.07) is 3.84. The van der Waals surface area contributed by atoms with E-state index in [1.165, 1.54) is 0 Å². The van der Waals surface area contributed by atoms with E-state index in [-0.39, 0.29) is 6.61 Å². The highest BCUT2D eigenvalue weighted by molar-refractivity contribution is 6.04. The van der Waals surface area contributed by atoms with Crippen molar-refractivity contribution in [1.29, 1.82) is 0 Å². The van der Waals surface area contributed by atoms with Crippen molar-refractivity contribution in [3.05, 3.63) is 35.0 Å². The number of aromatic nitrogens is 1. The molecule has 0 saturated heterocycles. The fourth-order valence-corrected chi connectivity index (χ4v) is 2.75. The minimum absolute atomic E-state index is 0.0893. The number of hydrogen-bond acceptors (Lipinski definition) is 3. The number of aliphatic hydroxyl groups excluding tert-OH is 1. The maximum Gasteiger partial charge on any atom is 0.338 e. The van der Waals surface area contributed by atoms with Gasteiger partial charge in [0, 0.05) is 24.7 Å². The summed E-state index contributed by atoms with van der Waals surface area (Å²) in [4.78, 5) is 11.6. The number of carboxylic acids is 1. The molecular formula is C16H22N2O3. The smallest absolute Gasteiger partial charge is 0.338 e. The lowest BCUT2D eigenvalue weighted by molar-refractivity contribution is 0.0698. The Labute approximate surface area is 124 Å². The SMILES string of the molecule is Cc1ccc2c(CCCN)cn(CCCO)c2c1C(=O)O. The van der Waals surface area contributed by atoms with Gasteiger partial charge in [-0.05, 0) is 43.9 Å². The first-order chi connectivity index (χ1) is 10.1. The van der Waals surface area contributed by atoms with Crippen molar-refractivity contribution in [2.24, 2.45) is 5.73 Å². The fourth-order valence-electron chi connectivity index (χ4n) is 2.75. The lowest BCUT2D eigenvalue weighted by atomic mass is 10.0. The van der Waals surface area contributed by atoms with Crippen LogP contribution in [-0.2, 0) is 13.0 Å². The van der Waals surface area contributed by atoms with Gasteiger partial charge < -0.3 is 20.5 Å². The molecule has 1 aromatic carbocycles. The Morgan fingerprint density at radius 2 is 2.10 bits per heavy atom. The van der Waals surface area contributed by atoms with Crippen LogP contribution in [-0.4, -0.2) is 33.9 Å². The summed E-state index contributed by atoms with van der Waals surface area (Å²) in [5.74, 6) is -0.910. The summed E-state index contributed by atoms with van der Waals surface area (Å²) >= 11 is 0. The summed E-state index contributed by atoms with van der Waals surface area (Å²) in [6.07, 6.45) is 4.31. The molecule has 0 amide bonds. The predicted molar refractivity (Wildman–Crippen MR) is 82.7 cm³/mol. The van der Waals surface area contributed by atoms with Gasteiger partial charge in [-0.3, -0.25) is 0 Å². The highest BCUT2D eigenvalue weighted by atomic mass is 16.4. The van der Waals surface area contributed by atoms with Crippen LogP contribution in [0, 0.1) is 6.92 Å². The van der Waals surface area contributed by atoms with Crippen LogP contribution in [0.1, 0.15) is 34.3 Å². The number of carboxylic acid groups (broad SMARTS) is 1. The van der Waals surface area contributed by atoms with Crippen molar-refractivity contribution in [1.82, 2.24) is 4.57 Å². The Hall–Kier alpha value is -1.85. The summed E-state index contributed by atoms with van der Waals surface area (Å²) in [6.45, 7) is 3.12. The maximum atomic E-state index is 11.6.